The van der Waals surface area contributed by atoms with Gasteiger partial charge in [0, 0.05) is 83.0 Å². The Morgan fingerprint density at radius 2 is 1.71 bits per heavy atom. The molecule has 48 heavy (non-hydrogen) atoms. The molecule has 0 unspecified atom stereocenters. The highest BCUT2D eigenvalue weighted by molar-refractivity contribution is 6.42. The van der Waals surface area contributed by atoms with E-state index in [4.69, 9.17) is 32.7 Å². The summed E-state index contributed by atoms with van der Waals surface area (Å²) < 4.78 is 11.3. The second-order valence-electron chi connectivity index (χ2n) is 13.4. The Morgan fingerprint density at radius 1 is 0.958 bits per heavy atom. The van der Waals surface area contributed by atoms with Crippen LogP contribution in [0, 0.1) is 0 Å². The van der Waals surface area contributed by atoms with Crippen LogP contribution >= 0.6 is 23.2 Å². The number of likely N-dealkylation sites (tertiary alicyclic amines) is 2. The van der Waals surface area contributed by atoms with E-state index in [1.807, 2.05) is 23.1 Å². The number of anilines is 1. The van der Waals surface area contributed by atoms with Gasteiger partial charge in [-0.25, -0.2) is 9.59 Å². The van der Waals surface area contributed by atoms with Gasteiger partial charge in [-0.15, -0.1) is 0 Å². The van der Waals surface area contributed by atoms with Crippen LogP contribution in [0.15, 0.2) is 36.4 Å². The quantitative estimate of drug-likeness (QED) is 0.376. The number of benzene rings is 2. The number of halogens is 2. The highest BCUT2D eigenvalue weighted by Crippen LogP contribution is 2.40. The molecule has 4 aliphatic rings. The molecule has 3 fully saturated rings. The summed E-state index contributed by atoms with van der Waals surface area (Å²) >= 11 is 12.3. The fraction of sp³-hybridized carbons (Fsp3) is 0.571. The van der Waals surface area contributed by atoms with Gasteiger partial charge in [0.1, 0.15) is 24.3 Å². The number of rotatable bonds is 8. The summed E-state index contributed by atoms with van der Waals surface area (Å²) in [4.78, 5) is 51.2. The number of hydrogen-bond acceptors (Lipinski definition) is 8. The molecule has 3 saturated heterocycles. The van der Waals surface area contributed by atoms with Gasteiger partial charge >= 0.3 is 12.1 Å². The molecule has 0 radical (unpaired) electrons. The fourth-order valence-electron chi connectivity index (χ4n) is 7.95. The third-order valence-corrected chi connectivity index (χ3v) is 11.5. The molecule has 0 saturated carbocycles. The van der Waals surface area contributed by atoms with E-state index in [-0.39, 0.29) is 25.1 Å². The van der Waals surface area contributed by atoms with Gasteiger partial charge in [-0.1, -0.05) is 29.3 Å². The van der Waals surface area contributed by atoms with Crippen LogP contribution in [0.3, 0.4) is 0 Å². The van der Waals surface area contributed by atoms with Crippen molar-refractivity contribution < 1.29 is 23.9 Å². The van der Waals surface area contributed by atoms with E-state index in [9.17, 15) is 14.4 Å². The molecule has 0 aliphatic carbocycles. The van der Waals surface area contributed by atoms with Crippen molar-refractivity contribution in [1.82, 2.24) is 24.5 Å². The zero-order valence-corrected chi connectivity index (χ0v) is 29.3. The van der Waals surface area contributed by atoms with Crippen LogP contribution in [0.4, 0.5) is 15.3 Å². The SMILES string of the molecule is COc1ccc2c(c1)CCN([C@@H]1CCN(C(=O)OCc3ccc(Cl)c(Cl)c3)[C@](CC=O)(N3CCC(N4CCN(C)CC4)CC3)C1)C(=O)N2. The normalized spacial score (nSPS) is 24.8. The lowest BCUT2D eigenvalue weighted by atomic mass is 9.84. The molecule has 1 N–H and O–H groups in total. The minimum atomic E-state index is -0.935. The van der Waals surface area contributed by atoms with E-state index in [2.05, 4.69) is 27.1 Å². The number of hydrogen-bond donors (Lipinski definition) is 1. The van der Waals surface area contributed by atoms with E-state index < -0.39 is 11.8 Å². The fourth-order valence-corrected chi connectivity index (χ4v) is 8.27. The second-order valence-corrected chi connectivity index (χ2v) is 14.2. The van der Waals surface area contributed by atoms with Crippen LogP contribution < -0.4 is 10.1 Å². The topological polar surface area (TPSA) is 97.9 Å². The number of carbonyl (C=O) groups excluding carboxylic acids is 3. The Balaban J connectivity index is 1.23. The number of likely N-dealkylation sites (N-methyl/N-ethyl adjacent to an activating group) is 1. The van der Waals surface area contributed by atoms with Crippen LogP contribution in [0.5, 0.6) is 5.75 Å². The zero-order chi connectivity index (χ0) is 33.8. The molecule has 13 heteroatoms. The van der Waals surface area contributed by atoms with Crippen molar-refractivity contribution in [2.45, 2.75) is 62.9 Å². The summed E-state index contributed by atoms with van der Waals surface area (Å²) in [6, 6.07) is 10.9. The zero-order valence-electron chi connectivity index (χ0n) is 27.8. The van der Waals surface area contributed by atoms with E-state index in [0.29, 0.717) is 48.4 Å². The molecular weight excluding hydrogens is 655 g/mol. The number of piperazine rings is 1. The monoisotopic (exact) mass is 700 g/mol. The van der Waals surface area contributed by atoms with Gasteiger partial charge < -0.3 is 29.4 Å². The lowest BCUT2D eigenvalue weighted by molar-refractivity contribution is -0.128. The van der Waals surface area contributed by atoms with Gasteiger partial charge in [0.05, 0.1) is 17.2 Å². The number of nitrogens with one attached hydrogen (secondary N) is 1. The smallest absolute Gasteiger partial charge is 0.411 e. The summed E-state index contributed by atoms with van der Waals surface area (Å²) in [6.45, 7) is 6.59. The average molecular weight is 702 g/mol. The minimum Gasteiger partial charge on any atom is -0.497 e. The number of fused-ring (bicyclic) bond motifs is 1. The molecule has 0 aromatic heterocycles. The van der Waals surface area contributed by atoms with Gasteiger partial charge in [-0.3, -0.25) is 14.7 Å². The first kappa shape index (κ1) is 34.8. The van der Waals surface area contributed by atoms with Crippen LogP contribution in [0.1, 0.15) is 43.2 Å². The van der Waals surface area contributed by atoms with E-state index >= 15 is 0 Å². The van der Waals surface area contributed by atoms with Crippen molar-refractivity contribution in [3.63, 3.8) is 0 Å². The predicted molar refractivity (Wildman–Crippen MR) is 186 cm³/mol. The molecule has 2 atom stereocenters. The summed E-state index contributed by atoms with van der Waals surface area (Å²) in [5, 5.41) is 3.92. The number of methoxy groups -OCH3 is 1. The lowest BCUT2D eigenvalue weighted by Gasteiger charge is -2.57. The molecule has 11 nitrogen and oxygen atoms in total. The molecule has 2 aromatic carbocycles. The van der Waals surface area contributed by atoms with E-state index in [1.54, 1.807) is 30.2 Å². The van der Waals surface area contributed by atoms with Crippen molar-refractivity contribution >= 4 is 47.3 Å². The first-order valence-corrected chi connectivity index (χ1v) is 17.7. The van der Waals surface area contributed by atoms with Crippen LogP contribution in [-0.2, 0) is 22.6 Å². The average Bonchev–Trinajstić information content (AvgIpc) is 3.26. The molecule has 2 aromatic rings. The minimum absolute atomic E-state index is 0.0224. The van der Waals surface area contributed by atoms with Crippen LogP contribution in [0.25, 0.3) is 0 Å². The third kappa shape index (κ3) is 7.40. The number of aldehydes is 1. The van der Waals surface area contributed by atoms with Gasteiger partial charge in [-0.2, -0.15) is 0 Å². The van der Waals surface area contributed by atoms with Crippen molar-refractivity contribution in [2.75, 3.05) is 71.8 Å². The summed E-state index contributed by atoms with van der Waals surface area (Å²) in [7, 11) is 3.80. The van der Waals surface area contributed by atoms with Gasteiger partial charge in [0.15, 0.2) is 0 Å². The van der Waals surface area contributed by atoms with E-state index in [0.717, 1.165) is 81.0 Å². The molecular formula is C35H46Cl2N6O5. The lowest BCUT2D eigenvalue weighted by Crippen LogP contribution is -2.70. The van der Waals surface area contributed by atoms with Crippen molar-refractivity contribution in [3.05, 3.63) is 57.6 Å². The van der Waals surface area contributed by atoms with Gasteiger partial charge in [-0.05, 0) is 74.2 Å². The summed E-state index contributed by atoms with van der Waals surface area (Å²) in [5.41, 5.74) is 1.57. The Bertz CT molecular complexity index is 1480. The number of piperidine rings is 2. The maximum absolute atomic E-state index is 14.0. The standard InChI is InChI=1S/C35H46Cl2N6O5/c1-39-16-18-40(19-17-39)27-8-12-41(13-9-27)35(11-20-44)23-28(42-14-7-26-22-29(47-2)4-6-32(26)38-33(42)45)10-15-43(35)34(46)48-24-25-3-5-30(36)31(37)21-25/h3-6,20-22,27-28H,7-19,23-24H2,1-2H3,(H,38,45)/t28-,35+/m1/s1. The maximum atomic E-state index is 14.0. The first-order chi connectivity index (χ1) is 23.2. The Labute approximate surface area is 293 Å². The molecule has 0 bridgehead atoms. The molecule has 4 aliphatic heterocycles. The summed E-state index contributed by atoms with van der Waals surface area (Å²) in [6.07, 6.45) is 4.12. The molecule has 6 rings (SSSR count). The van der Waals surface area contributed by atoms with Crippen molar-refractivity contribution in [2.24, 2.45) is 0 Å². The van der Waals surface area contributed by atoms with Gasteiger partial charge in [0.2, 0.25) is 0 Å². The largest absolute Gasteiger partial charge is 0.497 e. The maximum Gasteiger partial charge on any atom is 0.411 e. The highest BCUT2D eigenvalue weighted by Gasteiger charge is 2.52. The molecule has 0 spiro atoms. The van der Waals surface area contributed by atoms with Crippen molar-refractivity contribution in [3.8, 4) is 5.75 Å². The molecule has 260 valence electrons. The Hall–Kier alpha value is -3.09. The predicted octanol–water partition coefficient (Wildman–Crippen LogP) is 5.19. The molecule has 3 amide bonds. The number of ether oxygens (including phenoxy) is 2. The van der Waals surface area contributed by atoms with Gasteiger partial charge in [0.25, 0.3) is 0 Å². The Morgan fingerprint density at radius 3 is 2.42 bits per heavy atom. The second kappa shape index (κ2) is 15.2. The first-order valence-electron chi connectivity index (χ1n) is 16.9. The number of carbonyl (C=O) groups is 3. The number of amides is 3. The van der Waals surface area contributed by atoms with Crippen molar-refractivity contribution in [1.29, 1.82) is 0 Å². The summed E-state index contributed by atoms with van der Waals surface area (Å²) in [5.74, 6) is 0.745. The number of nitrogens with zero attached hydrogens (tertiary/aromatic N) is 5. The van der Waals surface area contributed by atoms with Crippen LogP contribution in [-0.4, -0.2) is 127 Å². The Kier molecular flexibility index (Phi) is 11.0. The third-order valence-electron chi connectivity index (χ3n) is 10.7. The number of urea groups is 1. The molecule has 4 heterocycles. The van der Waals surface area contributed by atoms with Crippen LogP contribution in [0.2, 0.25) is 10.0 Å². The van der Waals surface area contributed by atoms with E-state index in [1.165, 1.54) is 0 Å². The highest BCUT2D eigenvalue weighted by atomic mass is 35.5.